The lowest BCUT2D eigenvalue weighted by Gasteiger charge is -2.07. The van der Waals surface area contributed by atoms with Crippen molar-refractivity contribution in [1.29, 1.82) is 5.26 Å². The Hall–Kier alpha value is -2.36. The lowest BCUT2D eigenvalue weighted by atomic mass is 10.1. The summed E-state index contributed by atoms with van der Waals surface area (Å²) in [6, 6.07) is 12.9. The lowest BCUT2D eigenvalue weighted by Crippen LogP contribution is -2.25. The number of amides is 1. The fourth-order valence-electron chi connectivity index (χ4n) is 2.37. The maximum atomic E-state index is 12.2. The minimum atomic E-state index is -0.210. The zero-order valence-electron chi connectivity index (χ0n) is 13.3. The number of hydrogen-bond donors (Lipinski definition) is 1. The minimum absolute atomic E-state index is 0.112. The Labute approximate surface area is 154 Å². The number of thioether (sulfide) groups is 1. The number of carbonyl (C=O) groups is 1. The molecular weight excluding hydrogens is 360 g/mol. The van der Waals surface area contributed by atoms with E-state index in [9.17, 15) is 4.79 Å². The fraction of sp³-hybridized carbons (Fsp3) is 0.222. The quantitative estimate of drug-likeness (QED) is 0.782. The van der Waals surface area contributed by atoms with E-state index in [0.717, 1.165) is 17.1 Å². The van der Waals surface area contributed by atoms with Gasteiger partial charge in [0.25, 0.3) is 5.91 Å². The third-order valence-electron chi connectivity index (χ3n) is 3.62. The Morgan fingerprint density at radius 3 is 3.00 bits per heavy atom. The molecule has 0 unspecified atom stereocenters. The van der Waals surface area contributed by atoms with Gasteiger partial charge in [-0.15, -0.1) is 0 Å². The standard InChI is InChI=1S/C18H15ClN2O3S/c19-15-7-14(8-16-17(15)24-11-23-16)18(22)21-5-6-25-10-13-4-2-1-3-12(13)9-20/h1-4,7-8H,5-6,10-11H2,(H,21,22). The van der Waals surface area contributed by atoms with Gasteiger partial charge in [0.2, 0.25) is 6.79 Å². The van der Waals surface area contributed by atoms with Crippen LogP contribution in [0, 0.1) is 11.3 Å². The van der Waals surface area contributed by atoms with Crippen LogP contribution in [0.1, 0.15) is 21.5 Å². The van der Waals surface area contributed by atoms with Crippen molar-refractivity contribution in [3.8, 4) is 17.6 Å². The van der Waals surface area contributed by atoms with E-state index in [-0.39, 0.29) is 12.7 Å². The van der Waals surface area contributed by atoms with Gasteiger partial charge in [-0.25, -0.2) is 0 Å². The first-order valence-electron chi connectivity index (χ1n) is 7.62. The Balaban J connectivity index is 1.47. The number of fused-ring (bicyclic) bond motifs is 1. The van der Waals surface area contributed by atoms with Crippen LogP contribution in [-0.4, -0.2) is 25.0 Å². The van der Waals surface area contributed by atoms with E-state index in [4.69, 9.17) is 26.3 Å². The highest BCUT2D eigenvalue weighted by molar-refractivity contribution is 7.98. The zero-order valence-corrected chi connectivity index (χ0v) is 14.8. The molecule has 0 saturated carbocycles. The molecule has 0 bridgehead atoms. The average molecular weight is 375 g/mol. The number of ether oxygens (including phenoxy) is 2. The zero-order chi connectivity index (χ0) is 17.6. The Bertz CT molecular complexity index is 836. The smallest absolute Gasteiger partial charge is 0.251 e. The lowest BCUT2D eigenvalue weighted by molar-refractivity contribution is 0.0955. The second-order valence-electron chi connectivity index (χ2n) is 5.27. The van der Waals surface area contributed by atoms with Crippen LogP contribution in [0.3, 0.4) is 0 Å². The summed E-state index contributed by atoms with van der Waals surface area (Å²) in [7, 11) is 0. The fourth-order valence-corrected chi connectivity index (χ4v) is 3.50. The molecular formula is C18H15ClN2O3S. The van der Waals surface area contributed by atoms with Crippen LogP contribution in [0.2, 0.25) is 5.02 Å². The van der Waals surface area contributed by atoms with Gasteiger partial charge < -0.3 is 14.8 Å². The van der Waals surface area contributed by atoms with Crippen molar-refractivity contribution in [2.45, 2.75) is 5.75 Å². The number of nitriles is 1. The van der Waals surface area contributed by atoms with E-state index in [1.807, 2.05) is 18.2 Å². The van der Waals surface area contributed by atoms with Gasteiger partial charge >= 0.3 is 0 Å². The SMILES string of the molecule is N#Cc1ccccc1CSCCNC(=O)c1cc(Cl)c2c(c1)OCO2. The third-order valence-corrected chi connectivity index (χ3v) is 4.91. The number of nitrogens with zero attached hydrogens (tertiary/aromatic N) is 1. The van der Waals surface area contributed by atoms with Gasteiger partial charge in [0.05, 0.1) is 16.7 Å². The number of carbonyl (C=O) groups excluding carboxylic acids is 1. The molecule has 0 fully saturated rings. The Kier molecular flexibility index (Phi) is 5.69. The highest BCUT2D eigenvalue weighted by Crippen LogP contribution is 2.39. The molecule has 2 aromatic carbocycles. The minimum Gasteiger partial charge on any atom is -0.454 e. The summed E-state index contributed by atoms with van der Waals surface area (Å²) in [5.41, 5.74) is 2.13. The van der Waals surface area contributed by atoms with Crippen molar-refractivity contribution < 1.29 is 14.3 Å². The van der Waals surface area contributed by atoms with E-state index in [0.29, 0.717) is 34.2 Å². The molecule has 1 aliphatic rings. The number of nitrogens with one attached hydrogen (secondary N) is 1. The van der Waals surface area contributed by atoms with Gasteiger partial charge in [-0.05, 0) is 23.8 Å². The van der Waals surface area contributed by atoms with Crippen LogP contribution >= 0.6 is 23.4 Å². The highest BCUT2D eigenvalue weighted by Gasteiger charge is 2.20. The summed E-state index contributed by atoms with van der Waals surface area (Å²) >= 11 is 7.74. The van der Waals surface area contributed by atoms with E-state index in [1.54, 1.807) is 30.0 Å². The van der Waals surface area contributed by atoms with E-state index >= 15 is 0 Å². The first-order valence-corrected chi connectivity index (χ1v) is 9.15. The molecule has 3 rings (SSSR count). The van der Waals surface area contributed by atoms with E-state index < -0.39 is 0 Å². The highest BCUT2D eigenvalue weighted by atomic mass is 35.5. The van der Waals surface area contributed by atoms with Gasteiger partial charge in [0, 0.05) is 23.6 Å². The molecule has 0 saturated heterocycles. The molecule has 1 aliphatic heterocycles. The predicted octanol–water partition coefficient (Wildman–Crippen LogP) is 3.60. The van der Waals surface area contributed by atoms with E-state index in [1.165, 1.54) is 0 Å². The van der Waals surface area contributed by atoms with Crippen molar-refractivity contribution in [2.24, 2.45) is 0 Å². The third kappa shape index (κ3) is 4.19. The van der Waals surface area contributed by atoms with Crippen molar-refractivity contribution in [1.82, 2.24) is 5.32 Å². The van der Waals surface area contributed by atoms with Crippen LogP contribution < -0.4 is 14.8 Å². The van der Waals surface area contributed by atoms with Crippen LogP contribution in [0.25, 0.3) is 0 Å². The molecule has 0 spiro atoms. The summed E-state index contributed by atoms with van der Waals surface area (Å²) in [5.74, 6) is 2.22. The molecule has 1 amide bonds. The monoisotopic (exact) mass is 374 g/mol. The number of halogens is 1. The molecule has 25 heavy (non-hydrogen) atoms. The van der Waals surface area contributed by atoms with Crippen LogP contribution in [0.15, 0.2) is 36.4 Å². The number of benzene rings is 2. The molecule has 128 valence electrons. The van der Waals surface area contributed by atoms with Crippen molar-refractivity contribution >= 4 is 29.3 Å². The molecule has 5 nitrogen and oxygen atoms in total. The predicted molar refractivity (Wildman–Crippen MR) is 97.2 cm³/mol. The number of hydrogen-bond acceptors (Lipinski definition) is 5. The molecule has 2 aromatic rings. The van der Waals surface area contributed by atoms with Gasteiger partial charge in [0.15, 0.2) is 11.5 Å². The topological polar surface area (TPSA) is 71.4 Å². The summed E-state index contributed by atoms with van der Waals surface area (Å²) in [4.78, 5) is 12.2. The summed E-state index contributed by atoms with van der Waals surface area (Å²) < 4.78 is 10.5. The molecule has 1 heterocycles. The van der Waals surface area contributed by atoms with Gasteiger partial charge in [-0.3, -0.25) is 4.79 Å². The molecule has 0 aliphatic carbocycles. The molecule has 0 atom stereocenters. The Morgan fingerprint density at radius 1 is 1.32 bits per heavy atom. The van der Waals surface area contributed by atoms with Gasteiger partial charge in [-0.2, -0.15) is 17.0 Å². The normalized spacial score (nSPS) is 11.8. The van der Waals surface area contributed by atoms with Crippen molar-refractivity contribution in [2.75, 3.05) is 19.1 Å². The second kappa shape index (κ2) is 8.15. The summed E-state index contributed by atoms with van der Waals surface area (Å²) in [6.07, 6.45) is 0. The molecule has 0 aromatic heterocycles. The molecule has 0 radical (unpaired) electrons. The largest absolute Gasteiger partial charge is 0.454 e. The second-order valence-corrected chi connectivity index (χ2v) is 6.78. The van der Waals surface area contributed by atoms with E-state index in [2.05, 4.69) is 11.4 Å². The maximum absolute atomic E-state index is 12.2. The first kappa shape index (κ1) is 17.5. The van der Waals surface area contributed by atoms with Crippen LogP contribution in [-0.2, 0) is 5.75 Å². The van der Waals surface area contributed by atoms with Crippen LogP contribution in [0.4, 0.5) is 0 Å². The van der Waals surface area contributed by atoms with Gasteiger partial charge in [0.1, 0.15) is 0 Å². The van der Waals surface area contributed by atoms with Gasteiger partial charge in [-0.1, -0.05) is 29.8 Å². The maximum Gasteiger partial charge on any atom is 0.251 e. The number of rotatable bonds is 6. The first-order chi connectivity index (χ1) is 12.2. The van der Waals surface area contributed by atoms with Crippen LogP contribution in [0.5, 0.6) is 11.5 Å². The summed E-state index contributed by atoms with van der Waals surface area (Å²) in [5, 5.41) is 12.3. The average Bonchev–Trinajstić information content (AvgIpc) is 3.11. The van der Waals surface area contributed by atoms with Crippen molar-refractivity contribution in [3.63, 3.8) is 0 Å². The molecule has 7 heteroatoms. The van der Waals surface area contributed by atoms with Crippen molar-refractivity contribution in [3.05, 3.63) is 58.1 Å². The molecule has 1 N–H and O–H groups in total. The Morgan fingerprint density at radius 2 is 2.16 bits per heavy atom. The summed E-state index contributed by atoms with van der Waals surface area (Å²) in [6.45, 7) is 0.630.